The van der Waals surface area contributed by atoms with E-state index in [1.165, 1.54) is 11.3 Å². The summed E-state index contributed by atoms with van der Waals surface area (Å²) in [6, 6.07) is 12.8. The first-order valence-electron chi connectivity index (χ1n) is 9.01. The van der Waals surface area contributed by atoms with Crippen LogP contribution in [-0.2, 0) is 6.61 Å². The number of ether oxygens (including phenoxy) is 2. The first kappa shape index (κ1) is 17.7. The van der Waals surface area contributed by atoms with Crippen molar-refractivity contribution >= 4 is 28.2 Å². The highest BCUT2D eigenvalue weighted by molar-refractivity contribution is 7.15. The number of hydrogen-bond acceptors (Lipinski definition) is 6. The van der Waals surface area contributed by atoms with Crippen LogP contribution in [0.15, 0.2) is 60.1 Å². The number of allylic oxidation sites excluding steroid dienone is 1. The molecule has 7 heteroatoms. The maximum atomic E-state index is 12.7. The number of imidazole rings is 1. The van der Waals surface area contributed by atoms with Crippen LogP contribution in [0.4, 0.5) is 0 Å². The molecule has 0 unspecified atom stereocenters. The number of rotatable bonds is 5. The van der Waals surface area contributed by atoms with Crippen molar-refractivity contribution in [2.45, 2.75) is 6.61 Å². The number of fused-ring (bicyclic) bond motifs is 2. The highest BCUT2D eigenvalue weighted by Crippen LogP contribution is 2.33. The van der Waals surface area contributed by atoms with E-state index in [9.17, 15) is 9.90 Å². The van der Waals surface area contributed by atoms with Gasteiger partial charge < -0.3 is 14.6 Å². The molecule has 0 spiro atoms. The van der Waals surface area contributed by atoms with Crippen LogP contribution < -0.4 is 9.47 Å². The number of aromatic nitrogens is 2. The van der Waals surface area contributed by atoms with Gasteiger partial charge in [-0.15, -0.1) is 11.3 Å². The van der Waals surface area contributed by atoms with Gasteiger partial charge in [-0.3, -0.25) is 9.20 Å². The van der Waals surface area contributed by atoms with Gasteiger partial charge in [-0.25, -0.2) is 4.98 Å². The zero-order chi connectivity index (χ0) is 19.8. The third-order valence-electron chi connectivity index (χ3n) is 4.76. The predicted octanol–water partition coefficient (Wildman–Crippen LogP) is 4.18. The van der Waals surface area contributed by atoms with Crippen LogP contribution in [0, 0.1) is 0 Å². The summed E-state index contributed by atoms with van der Waals surface area (Å²) in [5.74, 6) is 1.10. The van der Waals surface area contributed by atoms with Gasteiger partial charge in [0.1, 0.15) is 0 Å². The van der Waals surface area contributed by atoms with Gasteiger partial charge in [0.2, 0.25) is 6.79 Å². The summed E-state index contributed by atoms with van der Waals surface area (Å²) >= 11 is 1.53. The van der Waals surface area contributed by atoms with Crippen LogP contribution in [0.1, 0.15) is 21.6 Å². The minimum atomic E-state index is -0.130. The second kappa shape index (κ2) is 7.20. The average molecular weight is 404 g/mol. The molecule has 0 radical (unpaired) electrons. The molecule has 144 valence electrons. The van der Waals surface area contributed by atoms with E-state index in [1.54, 1.807) is 30.4 Å². The summed E-state index contributed by atoms with van der Waals surface area (Å²) in [4.78, 5) is 18.3. The molecule has 0 aliphatic carbocycles. The van der Waals surface area contributed by atoms with E-state index in [1.807, 2.05) is 40.2 Å². The van der Waals surface area contributed by atoms with Crippen LogP contribution in [0.3, 0.4) is 0 Å². The molecule has 2 aromatic carbocycles. The largest absolute Gasteiger partial charge is 0.454 e. The second-order valence-corrected chi connectivity index (χ2v) is 7.39. The van der Waals surface area contributed by atoms with Crippen LogP contribution in [0.2, 0.25) is 0 Å². The van der Waals surface area contributed by atoms with Crippen molar-refractivity contribution in [2.24, 2.45) is 0 Å². The molecular weight excluding hydrogens is 388 g/mol. The van der Waals surface area contributed by atoms with E-state index in [-0.39, 0.29) is 19.2 Å². The molecule has 0 saturated heterocycles. The normalized spacial score (nSPS) is 12.9. The summed E-state index contributed by atoms with van der Waals surface area (Å²) in [6.45, 7) is 0.169. The third-order valence-corrected chi connectivity index (χ3v) is 5.52. The SMILES string of the molecule is O=C(C=Cc1c(-c2ccc(CO)cc2)nc2sccn12)c1ccc2c(c1)OCO2. The van der Waals surface area contributed by atoms with Gasteiger partial charge in [0.05, 0.1) is 18.0 Å². The minimum Gasteiger partial charge on any atom is -0.454 e. The van der Waals surface area contributed by atoms with Crippen LogP contribution in [0.25, 0.3) is 22.3 Å². The first-order valence-corrected chi connectivity index (χ1v) is 9.89. The second-order valence-electron chi connectivity index (χ2n) is 6.52. The Balaban J connectivity index is 1.50. The number of thiazole rings is 1. The van der Waals surface area contributed by atoms with Crippen molar-refractivity contribution in [3.05, 3.63) is 76.9 Å². The quantitative estimate of drug-likeness (QED) is 0.399. The molecule has 1 aliphatic heterocycles. The fraction of sp³-hybridized carbons (Fsp3) is 0.0909. The molecule has 0 fully saturated rings. The van der Waals surface area contributed by atoms with Gasteiger partial charge in [-0.05, 0) is 35.9 Å². The lowest BCUT2D eigenvalue weighted by Crippen LogP contribution is -1.95. The number of carbonyl (C=O) groups is 1. The van der Waals surface area contributed by atoms with Crippen molar-refractivity contribution in [1.82, 2.24) is 9.38 Å². The van der Waals surface area contributed by atoms with Gasteiger partial charge in [0.25, 0.3) is 0 Å². The van der Waals surface area contributed by atoms with Crippen molar-refractivity contribution in [3.63, 3.8) is 0 Å². The van der Waals surface area contributed by atoms with Gasteiger partial charge in [-0.1, -0.05) is 24.3 Å². The Morgan fingerprint density at radius 3 is 2.83 bits per heavy atom. The van der Waals surface area contributed by atoms with Crippen LogP contribution in [0.5, 0.6) is 11.5 Å². The Hall–Kier alpha value is -3.42. The van der Waals surface area contributed by atoms with E-state index >= 15 is 0 Å². The Morgan fingerprint density at radius 2 is 2.00 bits per heavy atom. The lowest BCUT2D eigenvalue weighted by Gasteiger charge is -2.02. The Labute approximate surface area is 170 Å². The summed E-state index contributed by atoms with van der Waals surface area (Å²) in [5.41, 5.74) is 3.91. The van der Waals surface area contributed by atoms with Crippen molar-refractivity contribution in [1.29, 1.82) is 0 Å². The topological polar surface area (TPSA) is 73.1 Å². The molecule has 1 N–H and O–H groups in total. The van der Waals surface area contributed by atoms with E-state index in [2.05, 4.69) is 0 Å². The Morgan fingerprint density at radius 1 is 1.17 bits per heavy atom. The standard InChI is InChI=1S/C22H16N2O4S/c25-12-14-1-3-15(4-2-14)21-17(24-9-10-29-22(24)23-21)6-7-18(26)16-5-8-19-20(11-16)28-13-27-19/h1-11,25H,12-13H2. The number of aliphatic hydroxyl groups excluding tert-OH is 1. The highest BCUT2D eigenvalue weighted by Gasteiger charge is 2.16. The molecule has 4 aromatic rings. The molecular formula is C22H16N2O4S. The van der Waals surface area contributed by atoms with E-state index in [0.717, 1.165) is 27.5 Å². The van der Waals surface area contributed by atoms with Gasteiger partial charge in [-0.2, -0.15) is 0 Å². The molecule has 6 nitrogen and oxygen atoms in total. The van der Waals surface area contributed by atoms with Crippen LogP contribution >= 0.6 is 11.3 Å². The van der Waals surface area contributed by atoms with Crippen molar-refractivity contribution in [2.75, 3.05) is 6.79 Å². The number of hydrogen-bond donors (Lipinski definition) is 1. The number of ketones is 1. The molecule has 1 aliphatic rings. The molecule has 0 amide bonds. The van der Waals surface area contributed by atoms with Gasteiger partial charge in [0.15, 0.2) is 22.2 Å². The summed E-state index contributed by atoms with van der Waals surface area (Å²) in [6.07, 6.45) is 5.27. The van der Waals surface area contributed by atoms with Gasteiger partial charge >= 0.3 is 0 Å². The molecule has 0 atom stereocenters. The number of aliphatic hydroxyl groups is 1. The van der Waals surface area contributed by atoms with E-state index in [0.29, 0.717) is 17.1 Å². The van der Waals surface area contributed by atoms with E-state index in [4.69, 9.17) is 14.5 Å². The number of nitrogens with zero attached hydrogens (tertiary/aromatic N) is 2. The van der Waals surface area contributed by atoms with Gasteiger partial charge in [0, 0.05) is 22.7 Å². The summed E-state index contributed by atoms with van der Waals surface area (Å²) in [5, 5.41) is 11.2. The molecule has 29 heavy (non-hydrogen) atoms. The fourth-order valence-corrected chi connectivity index (χ4v) is 3.96. The van der Waals surface area contributed by atoms with Crippen molar-refractivity contribution in [3.8, 4) is 22.8 Å². The van der Waals surface area contributed by atoms with Crippen molar-refractivity contribution < 1.29 is 19.4 Å². The lowest BCUT2D eigenvalue weighted by molar-refractivity contribution is 0.104. The lowest BCUT2D eigenvalue weighted by atomic mass is 10.1. The number of benzene rings is 2. The zero-order valence-electron chi connectivity index (χ0n) is 15.2. The maximum Gasteiger partial charge on any atom is 0.231 e. The predicted molar refractivity (Wildman–Crippen MR) is 110 cm³/mol. The Kier molecular flexibility index (Phi) is 4.38. The fourth-order valence-electron chi connectivity index (χ4n) is 3.24. The zero-order valence-corrected chi connectivity index (χ0v) is 16.1. The summed E-state index contributed by atoms with van der Waals surface area (Å²) < 4.78 is 12.6. The average Bonchev–Trinajstić information content (AvgIpc) is 3.47. The third kappa shape index (κ3) is 3.20. The smallest absolute Gasteiger partial charge is 0.231 e. The number of carbonyl (C=O) groups excluding carboxylic acids is 1. The molecule has 0 saturated carbocycles. The van der Waals surface area contributed by atoms with E-state index < -0.39 is 0 Å². The first-order chi connectivity index (χ1) is 14.2. The minimum absolute atomic E-state index is 0.00461. The molecule has 2 aromatic heterocycles. The monoisotopic (exact) mass is 404 g/mol. The Bertz CT molecular complexity index is 1240. The molecule has 5 rings (SSSR count). The maximum absolute atomic E-state index is 12.7. The van der Waals surface area contributed by atoms with Crippen LogP contribution in [-0.4, -0.2) is 27.1 Å². The highest BCUT2D eigenvalue weighted by atomic mass is 32.1. The molecule has 3 heterocycles. The molecule has 0 bridgehead atoms. The summed E-state index contributed by atoms with van der Waals surface area (Å²) in [7, 11) is 0.